The van der Waals surface area contributed by atoms with Gasteiger partial charge in [0.05, 0.1) is 5.69 Å². The first-order valence-corrected chi connectivity index (χ1v) is 9.64. The lowest BCUT2D eigenvalue weighted by molar-refractivity contribution is 0.0624. The van der Waals surface area contributed by atoms with Gasteiger partial charge in [0, 0.05) is 36.2 Å². The Morgan fingerprint density at radius 3 is 2.96 bits per heavy atom. The van der Waals surface area contributed by atoms with E-state index in [9.17, 15) is 14.7 Å². The van der Waals surface area contributed by atoms with Crippen LogP contribution in [0.15, 0.2) is 23.1 Å². The van der Waals surface area contributed by atoms with Gasteiger partial charge in [-0.1, -0.05) is 0 Å². The van der Waals surface area contributed by atoms with E-state index in [1.165, 1.54) is 12.3 Å². The highest BCUT2D eigenvalue weighted by molar-refractivity contribution is 5.95. The Labute approximate surface area is 156 Å². The fraction of sp³-hybridized carbons (Fsp3) is 0.500. The zero-order valence-corrected chi connectivity index (χ0v) is 15.1. The summed E-state index contributed by atoms with van der Waals surface area (Å²) in [4.78, 5) is 39.2. The molecule has 2 fully saturated rings. The van der Waals surface area contributed by atoms with Crippen molar-refractivity contribution in [2.75, 3.05) is 13.1 Å². The van der Waals surface area contributed by atoms with Crippen LogP contribution in [0.25, 0.3) is 0 Å². The molecule has 2 N–H and O–H groups in total. The number of aromatic amines is 1. The highest BCUT2D eigenvalue weighted by Gasteiger charge is 2.46. The number of amides is 1. The van der Waals surface area contributed by atoms with Crippen LogP contribution >= 0.6 is 0 Å². The monoisotopic (exact) mass is 366 g/mol. The van der Waals surface area contributed by atoms with Crippen molar-refractivity contribution < 1.29 is 9.90 Å². The molecule has 7 heteroatoms. The number of piperidine rings is 1. The average Bonchev–Trinajstić information content (AvgIpc) is 3.47. The number of pyridine rings is 1. The van der Waals surface area contributed by atoms with Crippen molar-refractivity contribution in [1.29, 1.82) is 0 Å². The molecule has 2 aliphatic carbocycles. The van der Waals surface area contributed by atoms with E-state index in [2.05, 4.69) is 9.97 Å². The molecule has 1 saturated carbocycles. The summed E-state index contributed by atoms with van der Waals surface area (Å²) in [6.45, 7) is 1.15. The molecular weight excluding hydrogens is 344 g/mol. The molecule has 0 aromatic carbocycles. The zero-order valence-electron chi connectivity index (χ0n) is 15.1. The first-order valence-electron chi connectivity index (χ1n) is 9.64. The molecule has 1 unspecified atom stereocenters. The molecule has 5 rings (SSSR count). The van der Waals surface area contributed by atoms with E-state index >= 15 is 0 Å². The largest absolute Gasteiger partial charge is 0.505 e. The van der Waals surface area contributed by atoms with Crippen molar-refractivity contribution >= 4 is 5.91 Å². The lowest BCUT2D eigenvalue weighted by Crippen LogP contribution is -2.48. The van der Waals surface area contributed by atoms with E-state index < -0.39 is 0 Å². The number of fused-ring (bicyclic) bond motifs is 2. The average molecular weight is 366 g/mol. The number of hydrogen-bond donors (Lipinski definition) is 2. The summed E-state index contributed by atoms with van der Waals surface area (Å²) in [6.07, 6.45) is 7.01. The minimum atomic E-state index is -0.258. The number of H-pyrrole nitrogens is 1. The van der Waals surface area contributed by atoms with Gasteiger partial charge >= 0.3 is 0 Å². The van der Waals surface area contributed by atoms with Gasteiger partial charge in [-0.15, -0.1) is 0 Å². The van der Waals surface area contributed by atoms with Gasteiger partial charge in [0.1, 0.15) is 11.6 Å². The van der Waals surface area contributed by atoms with Crippen LogP contribution in [0.2, 0.25) is 0 Å². The van der Waals surface area contributed by atoms with Crippen LogP contribution in [0.4, 0.5) is 0 Å². The third kappa shape index (κ3) is 2.64. The van der Waals surface area contributed by atoms with Crippen molar-refractivity contribution in [2.45, 2.75) is 49.9 Å². The molecule has 140 valence electrons. The molecule has 1 spiro atoms. The third-order valence-corrected chi connectivity index (χ3v) is 6.21. The second-order valence-corrected chi connectivity index (χ2v) is 8.03. The van der Waals surface area contributed by atoms with E-state index in [0.29, 0.717) is 25.4 Å². The van der Waals surface area contributed by atoms with E-state index in [4.69, 9.17) is 4.98 Å². The zero-order chi connectivity index (χ0) is 18.6. The molecule has 3 heterocycles. The molecule has 2 aromatic heterocycles. The van der Waals surface area contributed by atoms with E-state index in [0.717, 1.165) is 49.2 Å². The number of likely N-dealkylation sites (tertiary alicyclic amines) is 1. The Bertz CT molecular complexity index is 981. The minimum Gasteiger partial charge on any atom is -0.505 e. The van der Waals surface area contributed by atoms with Crippen molar-refractivity contribution in [3.8, 4) is 5.75 Å². The van der Waals surface area contributed by atoms with Crippen molar-refractivity contribution in [2.24, 2.45) is 0 Å². The van der Waals surface area contributed by atoms with E-state index in [1.54, 1.807) is 11.0 Å². The highest BCUT2D eigenvalue weighted by atomic mass is 16.3. The number of aromatic hydroxyl groups is 1. The molecule has 0 radical (unpaired) electrons. The first-order chi connectivity index (χ1) is 13.1. The Morgan fingerprint density at radius 1 is 1.33 bits per heavy atom. The quantitative estimate of drug-likeness (QED) is 0.845. The Balaban J connectivity index is 1.50. The third-order valence-electron chi connectivity index (χ3n) is 6.21. The van der Waals surface area contributed by atoms with Crippen molar-refractivity contribution in [3.63, 3.8) is 0 Å². The molecule has 1 atom stereocenters. The van der Waals surface area contributed by atoms with E-state index in [1.807, 2.05) is 0 Å². The minimum absolute atomic E-state index is 0.00963. The lowest BCUT2D eigenvalue weighted by atomic mass is 9.77. The maximum Gasteiger partial charge on any atom is 0.276 e. The fourth-order valence-corrected chi connectivity index (χ4v) is 4.63. The summed E-state index contributed by atoms with van der Waals surface area (Å²) in [5.41, 5.74) is 1.51. The predicted octanol–water partition coefficient (Wildman–Crippen LogP) is 1.87. The lowest BCUT2D eigenvalue weighted by Gasteiger charge is -2.40. The normalized spacial score (nSPS) is 24.2. The van der Waals surface area contributed by atoms with Gasteiger partial charge < -0.3 is 15.0 Å². The molecule has 1 saturated heterocycles. The van der Waals surface area contributed by atoms with Crippen LogP contribution in [-0.4, -0.2) is 44.0 Å². The number of carbonyl (C=O) groups excluding carboxylic acids is 1. The SMILES string of the molecule is O=C(c1ncccc1O)N1CCCC2(CCc3c2nc(C2CC2)[nH]c3=O)C1. The van der Waals surface area contributed by atoms with Gasteiger partial charge in [-0.25, -0.2) is 9.97 Å². The van der Waals surface area contributed by atoms with Crippen LogP contribution in [-0.2, 0) is 11.8 Å². The number of rotatable bonds is 2. The number of aromatic nitrogens is 3. The summed E-state index contributed by atoms with van der Waals surface area (Å²) >= 11 is 0. The van der Waals surface area contributed by atoms with Gasteiger partial charge in [0.25, 0.3) is 11.5 Å². The van der Waals surface area contributed by atoms with Gasteiger partial charge in [-0.2, -0.15) is 0 Å². The summed E-state index contributed by atoms with van der Waals surface area (Å²) in [5, 5.41) is 10.00. The Hall–Kier alpha value is -2.70. The summed E-state index contributed by atoms with van der Waals surface area (Å²) < 4.78 is 0. The molecule has 1 aliphatic heterocycles. The molecular formula is C20H22N4O3. The molecule has 0 bridgehead atoms. The van der Waals surface area contributed by atoms with Crippen LogP contribution in [0, 0.1) is 0 Å². The number of nitrogens with zero attached hydrogens (tertiary/aromatic N) is 3. The van der Waals surface area contributed by atoms with Gasteiger partial charge in [-0.05, 0) is 50.7 Å². The number of carbonyl (C=O) groups is 1. The standard InChI is InChI=1S/C20H22N4O3/c25-14-3-1-9-21-15(14)19(27)24-10-2-7-20(11-24)8-6-13-16(20)22-17(12-4-5-12)23-18(13)26/h1,3,9,12,25H,2,4-8,10-11H2,(H,22,23,26). The predicted molar refractivity (Wildman–Crippen MR) is 97.9 cm³/mol. The summed E-state index contributed by atoms with van der Waals surface area (Å²) in [7, 11) is 0. The first kappa shape index (κ1) is 16.5. The molecule has 1 amide bonds. The topological polar surface area (TPSA) is 99.2 Å². The summed E-state index contributed by atoms with van der Waals surface area (Å²) in [6, 6.07) is 3.08. The smallest absolute Gasteiger partial charge is 0.276 e. The van der Waals surface area contributed by atoms with Crippen LogP contribution in [0.1, 0.15) is 65.6 Å². The number of hydrogen-bond acceptors (Lipinski definition) is 5. The maximum atomic E-state index is 12.9. The molecule has 7 nitrogen and oxygen atoms in total. The summed E-state index contributed by atoms with van der Waals surface area (Å²) in [5.74, 6) is 0.839. The number of nitrogens with one attached hydrogen (secondary N) is 1. The fourth-order valence-electron chi connectivity index (χ4n) is 4.63. The van der Waals surface area contributed by atoms with Crippen LogP contribution in [0.3, 0.4) is 0 Å². The highest BCUT2D eigenvalue weighted by Crippen LogP contribution is 2.45. The molecule has 3 aliphatic rings. The van der Waals surface area contributed by atoms with Crippen LogP contribution < -0.4 is 5.56 Å². The maximum absolute atomic E-state index is 12.9. The Kier molecular flexibility index (Phi) is 3.60. The van der Waals surface area contributed by atoms with Crippen molar-refractivity contribution in [1.82, 2.24) is 19.9 Å². The van der Waals surface area contributed by atoms with E-state index in [-0.39, 0.29) is 28.3 Å². The molecule has 27 heavy (non-hydrogen) atoms. The van der Waals surface area contributed by atoms with Crippen molar-refractivity contribution in [3.05, 3.63) is 51.5 Å². The van der Waals surface area contributed by atoms with Gasteiger partial charge in [-0.3, -0.25) is 9.59 Å². The molecule has 2 aromatic rings. The van der Waals surface area contributed by atoms with Crippen LogP contribution in [0.5, 0.6) is 5.75 Å². The Morgan fingerprint density at radius 2 is 2.19 bits per heavy atom. The second kappa shape index (κ2) is 5.90. The van der Waals surface area contributed by atoms with Gasteiger partial charge in [0.15, 0.2) is 5.69 Å². The second-order valence-electron chi connectivity index (χ2n) is 8.03. The van der Waals surface area contributed by atoms with Gasteiger partial charge in [0.2, 0.25) is 0 Å².